The zero-order chi connectivity index (χ0) is 15.5. The van der Waals surface area contributed by atoms with Crippen LogP contribution in [-0.4, -0.2) is 30.1 Å². The Balaban J connectivity index is 1.56. The summed E-state index contributed by atoms with van der Waals surface area (Å²) in [7, 11) is 0. The first-order valence-corrected chi connectivity index (χ1v) is 8.47. The highest BCUT2D eigenvalue weighted by Crippen LogP contribution is 2.27. The van der Waals surface area contributed by atoms with Crippen LogP contribution in [0.15, 0.2) is 24.3 Å². The fraction of sp³-hybridized carbons (Fsp3) is 0.611. The predicted molar refractivity (Wildman–Crippen MR) is 87.3 cm³/mol. The molecule has 0 aliphatic carbocycles. The molecule has 22 heavy (non-hydrogen) atoms. The quantitative estimate of drug-likeness (QED) is 0.879. The molecule has 3 unspecified atom stereocenters. The van der Waals surface area contributed by atoms with Gasteiger partial charge in [-0.2, -0.15) is 0 Å². The first-order valence-electron chi connectivity index (χ1n) is 8.47. The highest BCUT2D eigenvalue weighted by molar-refractivity contribution is 5.94. The summed E-state index contributed by atoms with van der Waals surface area (Å²) in [6, 6.07) is 8.96. The van der Waals surface area contributed by atoms with Crippen LogP contribution in [0.3, 0.4) is 0 Å². The van der Waals surface area contributed by atoms with E-state index in [-0.39, 0.29) is 12.0 Å². The second-order valence-corrected chi connectivity index (χ2v) is 6.64. The second kappa shape index (κ2) is 6.69. The van der Waals surface area contributed by atoms with Crippen molar-refractivity contribution in [2.75, 3.05) is 0 Å². The van der Waals surface area contributed by atoms with E-state index >= 15 is 0 Å². The summed E-state index contributed by atoms with van der Waals surface area (Å²) in [5, 5.41) is 6.78. The summed E-state index contributed by atoms with van der Waals surface area (Å²) >= 11 is 0. The molecule has 120 valence electrons. The van der Waals surface area contributed by atoms with Crippen molar-refractivity contribution in [3.05, 3.63) is 29.8 Å². The monoisotopic (exact) mass is 302 g/mol. The zero-order valence-electron chi connectivity index (χ0n) is 13.5. The Hall–Kier alpha value is -1.55. The van der Waals surface area contributed by atoms with Gasteiger partial charge in [0, 0.05) is 23.7 Å². The lowest BCUT2D eigenvalue weighted by atomic mass is 9.99. The molecule has 0 aromatic heterocycles. The summed E-state index contributed by atoms with van der Waals surface area (Å²) in [4.78, 5) is 12.4. The van der Waals surface area contributed by atoms with Gasteiger partial charge in [0.15, 0.2) is 0 Å². The summed E-state index contributed by atoms with van der Waals surface area (Å²) < 4.78 is 5.74. The minimum atomic E-state index is 0.0291. The number of piperidine rings is 1. The molecule has 1 aromatic carbocycles. The van der Waals surface area contributed by atoms with Gasteiger partial charge in [0.05, 0.1) is 6.10 Å². The smallest absolute Gasteiger partial charge is 0.251 e. The molecule has 4 nitrogen and oxygen atoms in total. The van der Waals surface area contributed by atoms with Crippen molar-refractivity contribution in [2.24, 2.45) is 0 Å². The molecular weight excluding hydrogens is 276 g/mol. The lowest BCUT2D eigenvalue weighted by molar-refractivity contribution is 0.0924. The molecule has 3 rings (SSSR count). The second-order valence-electron chi connectivity index (χ2n) is 6.64. The highest BCUT2D eigenvalue weighted by atomic mass is 16.5. The normalized spacial score (nSPS) is 28.2. The van der Waals surface area contributed by atoms with Crippen molar-refractivity contribution >= 4 is 5.91 Å². The minimum absolute atomic E-state index is 0.0291. The number of ether oxygens (including phenoxy) is 1. The molecule has 2 aliphatic heterocycles. The fourth-order valence-electron chi connectivity index (χ4n) is 3.44. The van der Waals surface area contributed by atoms with Gasteiger partial charge < -0.3 is 15.4 Å². The van der Waals surface area contributed by atoms with Crippen LogP contribution in [0.4, 0.5) is 0 Å². The van der Waals surface area contributed by atoms with Crippen molar-refractivity contribution in [3.63, 3.8) is 0 Å². The van der Waals surface area contributed by atoms with E-state index in [4.69, 9.17) is 4.74 Å². The first-order chi connectivity index (χ1) is 10.6. The third-order valence-electron chi connectivity index (χ3n) is 4.84. The SMILES string of the molecule is CCC(C)Oc1ccc(C(=O)NC2CC3CCC(C2)N3)cc1. The Kier molecular flexibility index (Phi) is 4.67. The van der Waals surface area contributed by atoms with Crippen molar-refractivity contribution in [2.45, 2.75) is 70.2 Å². The molecule has 2 bridgehead atoms. The molecule has 2 heterocycles. The number of benzene rings is 1. The molecule has 0 spiro atoms. The average Bonchev–Trinajstić information content (AvgIpc) is 2.86. The number of hydrogen-bond donors (Lipinski definition) is 2. The van der Waals surface area contributed by atoms with E-state index < -0.39 is 0 Å². The van der Waals surface area contributed by atoms with Crippen molar-refractivity contribution in [1.29, 1.82) is 0 Å². The molecular formula is C18H26N2O2. The van der Waals surface area contributed by atoms with E-state index in [0.29, 0.717) is 23.7 Å². The van der Waals surface area contributed by atoms with Gasteiger partial charge in [0.25, 0.3) is 5.91 Å². The third-order valence-corrected chi connectivity index (χ3v) is 4.84. The predicted octanol–water partition coefficient (Wildman–Crippen LogP) is 2.88. The topological polar surface area (TPSA) is 50.4 Å². The van der Waals surface area contributed by atoms with Gasteiger partial charge in [-0.25, -0.2) is 0 Å². The molecule has 2 N–H and O–H groups in total. The Morgan fingerprint density at radius 3 is 2.50 bits per heavy atom. The Morgan fingerprint density at radius 2 is 1.91 bits per heavy atom. The number of nitrogens with one attached hydrogen (secondary N) is 2. The van der Waals surface area contributed by atoms with Crippen LogP contribution in [0, 0.1) is 0 Å². The van der Waals surface area contributed by atoms with E-state index in [1.165, 1.54) is 12.8 Å². The van der Waals surface area contributed by atoms with E-state index in [2.05, 4.69) is 17.6 Å². The number of fused-ring (bicyclic) bond motifs is 2. The van der Waals surface area contributed by atoms with E-state index in [1.54, 1.807) is 0 Å². The standard InChI is InChI=1S/C18H26N2O2/c1-3-12(2)22-17-8-4-13(5-9-17)18(21)20-16-10-14-6-7-15(11-16)19-14/h4-5,8-9,12,14-16,19H,3,6-7,10-11H2,1-2H3,(H,20,21). The lowest BCUT2D eigenvalue weighted by Gasteiger charge is -2.29. The lowest BCUT2D eigenvalue weighted by Crippen LogP contribution is -2.48. The average molecular weight is 302 g/mol. The molecule has 4 heteroatoms. The van der Waals surface area contributed by atoms with Crippen LogP contribution in [-0.2, 0) is 0 Å². The number of rotatable bonds is 5. The third kappa shape index (κ3) is 3.61. The zero-order valence-corrected chi connectivity index (χ0v) is 13.5. The van der Waals surface area contributed by atoms with Gasteiger partial charge in [-0.15, -0.1) is 0 Å². The summed E-state index contributed by atoms with van der Waals surface area (Å²) in [5.74, 6) is 0.854. The largest absolute Gasteiger partial charge is 0.491 e. The van der Waals surface area contributed by atoms with E-state index in [1.807, 2.05) is 31.2 Å². The molecule has 3 atom stereocenters. The Morgan fingerprint density at radius 1 is 1.27 bits per heavy atom. The molecule has 1 aromatic rings. The van der Waals surface area contributed by atoms with E-state index in [0.717, 1.165) is 25.0 Å². The van der Waals surface area contributed by atoms with Crippen LogP contribution in [0.2, 0.25) is 0 Å². The molecule has 2 aliphatic rings. The Labute approximate surface area is 132 Å². The maximum Gasteiger partial charge on any atom is 0.251 e. The molecule has 0 radical (unpaired) electrons. The van der Waals surface area contributed by atoms with Crippen molar-refractivity contribution in [1.82, 2.24) is 10.6 Å². The molecule has 0 saturated carbocycles. The number of carbonyl (C=O) groups excluding carboxylic acids is 1. The van der Waals surface area contributed by atoms with Gasteiger partial charge in [0.1, 0.15) is 5.75 Å². The molecule has 2 fully saturated rings. The van der Waals surface area contributed by atoms with Crippen molar-refractivity contribution in [3.8, 4) is 5.75 Å². The van der Waals surface area contributed by atoms with Crippen LogP contribution in [0.5, 0.6) is 5.75 Å². The fourth-order valence-corrected chi connectivity index (χ4v) is 3.44. The maximum absolute atomic E-state index is 12.4. The molecule has 2 saturated heterocycles. The van der Waals surface area contributed by atoms with Crippen LogP contribution in [0.1, 0.15) is 56.3 Å². The van der Waals surface area contributed by atoms with Gasteiger partial charge in [-0.3, -0.25) is 4.79 Å². The summed E-state index contributed by atoms with van der Waals surface area (Å²) in [6.45, 7) is 4.14. The highest BCUT2D eigenvalue weighted by Gasteiger charge is 2.34. The maximum atomic E-state index is 12.4. The summed E-state index contributed by atoms with van der Waals surface area (Å²) in [5.41, 5.74) is 0.711. The van der Waals surface area contributed by atoms with Gasteiger partial charge in [0.2, 0.25) is 0 Å². The van der Waals surface area contributed by atoms with Gasteiger partial charge >= 0.3 is 0 Å². The van der Waals surface area contributed by atoms with Crippen LogP contribution < -0.4 is 15.4 Å². The minimum Gasteiger partial charge on any atom is -0.491 e. The number of amides is 1. The van der Waals surface area contributed by atoms with Crippen LogP contribution >= 0.6 is 0 Å². The van der Waals surface area contributed by atoms with Gasteiger partial charge in [-0.05, 0) is 63.3 Å². The first kappa shape index (κ1) is 15.3. The summed E-state index contributed by atoms with van der Waals surface area (Å²) in [6.07, 6.45) is 5.77. The van der Waals surface area contributed by atoms with Gasteiger partial charge in [-0.1, -0.05) is 6.92 Å². The number of hydrogen-bond acceptors (Lipinski definition) is 3. The van der Waals surface area contributed by atoms with Crippen molar-refractivity contribution < 1.29 is 9.53 Å². The Bertz CT molecular complexity index is 502. The van der Waals surface area contributed by atoms with E-state index in [9.17, 15) is 4.79 Å². The number of carbonyl (C=O) groups is 1. The molecule has 1 amide bonds. The van der Waals surface area contributed by atoms with Crippen LogP contribution in [0.25, 0.3) is 0 Å².